The molecule has 1 aliphatic carbocycles. The van der Waals surface area contributed by atoms with Gasteiger partial charge in [-0.2, -0.15) is 0 Å². The topological polar surface area (TPSA) is 12.0 Å². The van der Waals surface area contributed by atoms with Crippen LogP contribution < -0.4 is 5.32 Å². The Morgan fingerprint density at radius 3 is 2.93 bits per heavy atom. The molecule has 0 radical (unpaired) electrons. The molecule has 1 aromatic carbocycles. The van der Waals surface area contributed by atoms with Crippen LogP contribution >= 0.6 is 15.9 Å². The van der Waals surface area contributed by atoms with Gasteiger partial charge < -0.3 is 5.32 Å². The van der Waals surface area contributed by atoms with Crippen LogP contribution in [0.15, 0.2) is 28.7 Å². The van der Waals surface area contributed by atoms with Gasteiger partial charge in [-0.05, 0) is 43.0 Å². The number of nitrogens with one attached hydrogen (secondary N) is 1. The zero-order valence-corrected chi connectivity index (χ0v) is 10.6. The molecule has 0 heterocycles. The third-order valence-electron chi connectivity index (χ3n) is 2.88. The molecule has 0 atom stereocenters. The van der Waals surface area contributed by atoms with E-state index >= 15 is 0 Å². The Kier molecular flexibility index (Phi) is 4.21. The maximum absolute atomic E-state index is 3.49. The lowest BCUT2D eigenvalue weighted by Crippen LogP contribution is -2.14. The molecule has 0 saturated heterocycles. The first-order valence-electron chi connectivity index (χ1n) is 5.80. The van der Waals surface area contributed by atoms with Crippen molar-refractivity contribution >= 4 is 15.9 Å². The summed E-state index contributed by atoms with van der Waals surface area (Å²) in [7, 11) is 0. The lowest BCUT2D eigenvalue weighted by molar-refractivity contribution is 0.594. The molecule has 0 amide bonds. The van der Waals surface area contributed by atoms with E-state index in [9.17, 15) is 0 Å². The molecule has 2 rings (SSSR count). The summed E-state index contributed by atoms with van der Waals surface area (Å²) in [4.78, 5) is 0. The largest absolute Gasteiger partial charge is 0.313 e. The Morgan fingerprint density at radius 2 is 2.20 bits per heavy atom. The van der Waals surface area contributed by atoms with Gasteiger partial charge in [0.1, 0.15) is 0 Å². The van der Waals surface area contributed by atoms with Crippen LogP contribution in [0.3, 0.4) is 0 Å². The van der Waals surface area contributed by atoms with Gasteiger partial charge in [0.2, 0.25) is 0 Å². The number of rotatable bonds is 6. The summed E-state index contributed by atoms with van der Waals surface area (Å²) in [6.45, 7) is 2.15. The second kappa shape index (κ2) is 5.66. The van der Waals surface area contributed by atoms with Crippen LogP contribution in [-0.2, 0) is 6.54 Å². The zero-order valence-electron chi connectivity index (χ0n) is 9.01. The standard InChI is InChI=1S/C13H18BrN/c14-13-5-1-3-12(9-13)10-15-8-2-4-11-6-7-11/h1,3,5,9,11,15H,2,4,6-8,10H2. The van der Waals surface area contributed by atoms with E-state index in [1.807, 2.05) is 0 Å². The van der Waals surface area contributed by atoms with Gasteiger partial charge in [0.25, 0.3) is 0 Å². The molecule has 15 heavy (non-hydrogen) atoms. The van der Waals surface area contributed by atoms with E-state index in [-0.39, 0.29) is 0 Å². The van der Waals surface area contributed by atoms with E-state index in [2.05, 4.69) is 45.5 Å². The molecule has 1 aromatic rings. The summed E-state index contributed by atoms with van der Waals surface area (Å²) in [6.07, 6.45) is 5.71. The average Bonchev–Trinajstić information content (AvgIpc) is 3.01. The first kappa shape index (κ1) is 11.2. The molecule has 1 fully saturated rings. The Labute approximate surface area is 100 Å². The van der Waals surface area contributed by atoms with Gasteiger partial charge in [0.15, 0.2) is 0 Å². The number of benzene rings is 1. The first-order valence-corrected chi connectivity index (χ1v) is 6.59. The Bertz CT molecular complexity index is 307. The highest BCUT2D eigenvalue weighted by Crippen LogP contribution is 2.33. The first-order chi connectivity index (χ1) is 7.34. The maximum Gasteiger partial charge on any atom is 0.0205 e. The van der Waals surface area contributed by atoms with Crippen molar-refractivity contribution in [2.75, 3.05) is 6.54 Å². The minimum absolute atomic E-state index is 0.990. The van der Waals surface area contributed by atoms with Crippen LogP contribution in [0.4, 0.5) is 0 Å². The predicted octanol–water partition coefficient (Wildman–Crippen LogP) is 3.73. The van der Waals surface area contributed by atoms with E-state index < -0.39 is 0 Å². The lowest BCUT2D eigenvalue weighted by Gasteiger charge is -2.04. The van der Waals surface area contributed by atoms with Gasteiger partial charge in [-0.15, -0.1) is 0 Å². The predicted molar refractivity (Wildman–Crippen MR) is 67.8 cm³/mol. The second-order valence-electron chi connectivity index (χ2n) is 4.39. The highest BCUT2D eigenvalue weighted by atomic mass is 79.9. The molecule has 0 bridgehead atoms. The zero-order chi connectivity index (χ0) is 10.5. The van der Waals surface area contributed by atoms with E-state index in [1.54, 1.807) is 0 Å². The Morgan fingerprint density at radius 1 is 1.33 bits per heavy atom. The molecule has 0 aliphatic heterocycles. The molecule has 0 unspecified atom stereocenters. The fraction of sp³-hybridized carbons (Fsp3) is 0.538. The quantitative estimate of drug-likeness (QED) is 0.775. The van der Waals surface area contributed by atoms with Crippen LogP contribution in [0.5, 0.6) is 0 Å². The van der Waals surface area contributed by atoms with Crippen LogP contribution in [0.1, 0.15) is 31.2 Å². The maximum atomic E-state index is 3.49. The fourth-order valence-corrected chi connectivity index (χ4v) is 2.25. The van der Waals surface area contributed by atoms with Crippen LogP contribution in [-0.4, -0.2) is 6.54 Å². The van der Waals surface area contributed by atoms with Crippen molar-refractivity contribution in [2.45, 2.75) is 32.2 Å². The van der Waals surface area contributed by atoms with Crippen LogP contribution in [0.2, 0.25) is 0 Å². The van der Waals surface area contributed by atoms with Crippen molar-refractivity contribution in [2.24, 2.45) is 5.92 Å². The van der Waals surface area contributed by atoms with Crippen LogP contribution in [0, 0.1) is 5.92 Å². The van der Waals surface area contributed by atoms with E-state index in [4.69, 9.17) is 0 Å². The SMILES string of the molecule is Brc1cccc(CNCCCC2CC2)c1. The molecule has 1 aliphatic rings. The van der Waals surface area contributed by atoms with Gasteiger partial charge in [0, 0.05) is 11.0 Å². The van der Waals surface area contributed by atoms with Gasteiger partial charge in [-0.25, -0.2) is 0 Å². The van der Waals surface area contributed by atoms with Crippen molar-refractivity contribution in [3.05, 3.63) is 34.3 Å². The highest BCUT2D eigenvalue weighted by Gasteiger charge is 2.19. The molecule has 2 heteroatoms. The fourth-order valence-electron chi connectivity index (χ4n) is 1.80. The summed E-state index contributed by atoms with van der Waals surface area (Å²) < 4.78 is 1.17. The Hall–Kier alpha value is -0.340. The number of hydrogen-bond donors (Lipinski definition) is 1. The van der Waals surface area contributed by atoms with E-state index in [1.165, 1.54) is 35.7 Å². The summed E-state index contributed by atoms with van der Waals surface area (Å²) in [5.74, 6) is 1.07. The normalized spacial score (nSPS) is 15.5. The number of hydrogen-bond acceptors (Lipinski definition) is 1. The van der Waals surface area contributed by atoms with Crippen molar-refractivity contribution < 1.29 is 0 Å². The summed E-state index contributed by atoms with van der Waals surface area (Å²) in [6, 6.07) is 8.49. The van der Waals surface area contributed by atoms with Gasteiger partial charge in [-0.3, -0.25) is 0 Å². The second-order valence-corrected chi connectivity index (χ2v) is 5.31. The van der Waals surface area contributed by atoms with Crippen LogP contribution in [0.25, 0.3) is 0 Å². The van der Waals surface area contributed by atoms with Crippen molar-refractivity contribution in [3.8, 4) is 0 Å². The molecule has 1 saturated carbocycles. The Balaban J connectivity index is 1.60. The lowest BCUT2D eigenvalue weighted by atomic mass is 10.2. The third kappa shape index (κ3) is 4.35. The number of halogens is 1. The van der Waals surface area contributed by atoms with Crippen molar-refractivity contribution in [1.82, 2.24) is 5.32 Å². The highest BCUT2D eigenvalue weighted by molar-refractivity contribution is 9.10. The minimum Gasteiger partial charge on any atom is -0.313 e. The van der Waals surface area contributed by atoms with Gasteiger partial charge >= 0.3 is 0 Å². The minimum atomic E-state index is 0.990. The molecule has 1 N–H and O–H groups in total. The summed E-state index contributed by atoms with van der Waals surface area (Å²) >= 11 is 3.48. The summed E-state index contributed by atoms with van der Waals surface area (Å²) in [5.41, 5.74) is 1.36. The monoisotopic (exact) mass is 267 g/mol. The summed E-state index contributed by atoms with van der Waals surface area (Å²) in [5, 5.41) is 3.49. The molecular weight excluding hydrogens is 250 g/mol. The smallest absolute Gasteiger partial charge is 0.0205 e. The molecule has 1 nitrogen and oxygen atoms in total. The van der Waals surface area contributed by atoms with Crippen molar-refractivity contribution in [3.63, 3.8) is 0 Å². The van der Waals surface area contributed by atoms with Crippen molar-refractivity contribution in [1.29, 1.82) is 0 Å². The molecule has 82 valence electrons. The molecule has 0 aromatic heterocycles. The van der Waals surface area contributed by atoms with Gasteiger partial charge in [-0.1, -0.05) is 40.9 Å². The van der Waals surface area contributed by atoms with E-state index in [0.29, 0.717) is 0 Å². The average molecular weight is 268 g/mol. The third-order valence-corrected chi connectivity index (χ3v) is 3.37. The van der Waals surface area contributed by atoms with E-state index in [0.717, 1.165) is 19.0 Å². The molecular formula is C13H18BrN. The van der Waals surface area contributed by atoms with Gasteiger partial charge in [0.05, 0.1) is 0 Å². The molecule has 0 spiro atoms.